The van der Waals surface area contributed by atoms with Crippen LogP contribution in [0.15, 0.2) is 36.4 Å². The maximum absolute atomic E-state index is 4.82. The van der Waals surface area contributed by atoms with Gasteiger partial charge in [0.1, 0.15) is 5.82 Å². The molecule has 0 spiro atoms. The average Bonchev–Trinajstić information content (AvgIpc) is 2.89. The van der Waals surface area contributed by atoms with Gasteiger partial charge in [0, 0.05) is 5.56 Å². The van der Waals surface area contributed by atoms with Crippen molar-refractivity contribution in [2.24, 2.45) is 0 Å². The van der Waals surface area contributed by atoms with Gasteiger partial charge >= 0.3 is 0 Å². The van der Waals surface area contributed by atoms with Crippen molar-refractivity contribution in [1.29, 1.82) is 0 Å². The van der Waals surface area contributed by atoms with E-state index < -0.39 is 0 Å². The predicted molar refractivity (Wildman–Crippen MR) is 88.6 cm³/mol. The largest absolute Gasteiger partial charge is 0.338 e. The zero-order chi connectivity index (χ0) is 14.8. The standard InChI is InChI=1S/C18H21N3/c1-12-10-13(2)17-16(11-12)20-18(21-17)15-7-5-4-6-14(15)8-9-19-3/h4-7,10-11,19H,8-9H2,1-3H3,(H,20,21). The number of aromatic nitrogens is 2. The summed E-state index contributed by atoms with van der Waals surface area (Å²) in [7, 11) is 1.98. The first-order valence-corrected chi connectivity index (χ1v) is 7.39. The lowest BCUT2D eigenvalue weighted by atomic mass is 10.0. The van der Waals surface area contributed by atoms with Crippen LogP contribution in [0.2, 0.25) is 0 Å². The first kappa shape index (κ1) is 13.8. The fourth-order valence-corrected chi connectivity index (χ4v) is 2.83. The molecule has 3 heteroatoms. The van der Waals surface area contributed by atoms with Crippen LogP contribution in [0.1, 0.15) is 16.7 Å². The molecule has 108 valence electrons. The second kappa shape index (κ2) is 5.70. The number of imidazole rings is 1. The maximum atomic E-state index is 4.82. The van der Waals surface area contributed by atoms with Gasteiger partial charge < -0.3 is 10.3 Å². The molecule has 3 nitrogen and oxygen atoms in total. The van der Waals surface area contributed by atoms with Crippen LogP contribution in [-0.4, -0.2) is 23.6 Å². The van der Waals surface area contributed by atoms with Gasteiger partial charge in [-0.1, -0.05) is 30.3 Å². The maximum Gasteiger partial charge on any atom is 0.138 e. The Hall–Kier alpha value is -2.13. The lowest BCUT2D eigenvalue weighted by molar-refractivity contribution is 0.792. The minimum atomic E-state index is 0.963. The molecular weight excluding hydrogens is 258 g/mol. The number of benzene rings is 2. The minimum absolute atomic E-state index is 0.963. The molecule has 3 aromatic rings. The van der Waals surface area contributed by atoms with Crippen molar-refractivity contribution in [2.45, 2.75) is 20.3 Å². The molecule has 1 aromatic heterocycles. The lowest BCUT2D eigenvalue weighted by Gasteiger charge is -2.06. The third-order valence-electron chi connectivity index (χ3n) is 3.84. The van der Waals surface area contributed by atoms with Crippen LogP contribution in [0.3, 0.4) is 0 Å². The molecule has 2 aromatic carbocycles. The molecule has 0 radical (unpaired) electrons. The third-order valence-corrected chi connectivity index (χ3v) is 3.84. The second-order valence-corrected chi connectivity index (χ2v) is 5.57. The number of aryl methyl sites for hydroxylation is 2. The molecule has 0 unspecified atom stereocenters. The minimum Gasteiger partial charge on any atom is -0.338 e. The Morgan fingerprint density at radius 3 is 2.76 bits per heavy atom. The second-order valence-electron chi connectivity index (χ2n) is 5.57. The summed E-state index contributed by atoms with van der Waals surface area (Å²) in [5.41, 5.74) is 7.19. The molecule has 0 saturated heterocycles. The average molecular weight is 279 g/mol. The SMILES string of the molecule is CNCCc1ccccc1-c1nc2c(C)cc(C)cc2[nH]1. The molecule has 0 aliphatic rings. The summed E-state index contributed by atoms with van der Waals surface area (Å²) in [5, 5.41) is 3.21. The van der Waals surface area contributed by atoms with Crippen LogP contribution in [0.25, 0.3) is 22.4 Å². The zero-order valence-electron chi connectivity index (χ0n) is 12.8. The summed E-state index contributed by atoms with van der Waals surface area (Å²) in [6.45, 7) is 5.20. The molecule has 0 atom stereocenters. The number of aromatic amines is 1. The molecule has 0 aliphatic heterocycles. The fourth-order valence-electron chi connectivity index (χ4n) is 2.83. The van der Waals surface area contributed by atoms with Crippen LogP contribution in [-0.2, 0) is 6.42 Å². The summed E-state index contributed by atoms with van der Waals surface area (Å²) in [4.78, 5) is 8.30. The van der Waals surface area contributed by atoms with E-state index in [9.17, 15) is 0 Å². The number of nitrogens with zero attached hydrogens (tertiary/aromatic N) is 1. The van der Waals surface area contributed by atoms with Crippen LogP contribution in [0.4, 0.5) is 0 Å². The molecule has 21 heavy (non-hydrogen) atoms. The van der Waals surface area contributed by atoms with E-state index in [-0.39, 0.29) is 0 Å². The van der Waals surface area contributed by atoms with E-state index in [1.807, 2.05) is 7.05 Å². The Labute approximate surface area is 125 Å². The molecule has 0 saturated carbocycles. The van der Waals surface area contributed by atoms with E-state index >= 15 is 0 Å². The van der Waals surface area contributed by atoms with Crippen molar-refractivity contribution in [3.05, 3.63) is 53.1 Å². The Morgan fingerprint density at radius 2 is 1.95 bits per heavy atom. The van der Waals surface area contributed by atoms with Crippen molar-refractivity contribution < 1.29 is 0 Å². The van der Waals surface area contributed by atoms with Gasteiger partial charge in [-0.3, -0.25) is 0 Å². The highest BCUT2D eigenvalue weighted by Gasteiger charge is 2.11. The summed E-state index contributed by atoms with van der Waals surface area (Å²) in [5.74, 6) is 0.963. The molecule has 0 amide bonds. The van der Waals surface area contributed by atoms with Crippen LogP contribution >= 0.6 is 0 Å². The first-order valence-electron chi connectivity index (χ1n) is 7.39. The van der Waals surface area contributed by atoms with Crippen molar-refractivity contribution in [2.75, 3.05) is 13.6 Å². The molecule has 3 rings (SSSR count). The number of hydrogen-bond acceptors (Lipinski definition) is 2. The third kappa shape index (κ3) is 2.69. The molecular formula is C18H21N3. The van der Waals surface area contributed by atoms with Gasteiger partial charge in [0.05, 0.1) is 11.0 Å². The van der Waals surface area contributed by atoms with E-state index in [2.05, 4.69) is 60.5 Å². The molecule has 0 bridgehead atoms. The van der Waals surface area contributed by atoms with Crippen LogP contribution < -0.4 is 5.32 Å². The Bertz CT molecular complexity index is 771. The van der Waals surface area contributed by atoms with Gasteiger partial charge in [-0.2, -0.15) is 0 Å². The predicted octanol–water partition coefficient (Wildman–Crippen LogP) is 3.61. The number of fused-ring (bicyclic) bond motifs is 1. The highest BCUT2D eigenvalue weighted by atomic mass is 14.9. The van der Waals surface area contributed by atoms with Gasteiger partial charge in [-0.15, -0.1) is 0 Å². The van der Waals surface area contributed by atoms with Crippen LogP contribution in [0.5, 0.6) is 0 Å². The van der Waals surface area contributed by atoms with E-state index in [1.54, 1.807) is 0 Å². The number of hydrogen-bond donors (Lipinski definition) is 2. The lowest BCUT2D eigenvalue weighted by Crippen LogP contribution is -2.10. The van der Waals surface area contributed by atoms with E-state index in [0.717, 1.165) is 29.8 Å². The normalized spacial score (nSPS) is 11.2. The first-order chi connectivity index (χ1) is 10.2. The molecule has 0 fully saturated rings. The van der Waals surface area contributed by atoms with Crippen molar-refractivity contribution in [3.8, 4) is 11.4 Å². The summed E-state index contributed by atoms with van der Waals surface area (Å²) in [6.07, 6.45) is 1.00. The fraction of sp³-hybridized carbons (Fsp3) is 0.278. The topological polar surface area (TPSA) is 40.7 Å². The van der Waals surface area contributed by atoms with E-state index in [0.29, 0.717) is 0 Å². The Morgan fingerprint density at radius 1 is 1.14 bits per heavy atom. The highest BCUT2D eigenvalue weighted by molar-refractivity contribution is 5.83. The quantitative estimate of drug-likeness (QED) is 0.766. The monoisotopic (exact) mass is 279 g/mol. The van der Waals surface area contributed by atoms with Crippen molar-refractivity contribution in [3.63, 3.8) is 0 Å². The Balaban J connectivity index is 2.10. The zero-order valence-corrected chi connectivity index (χ0v) is 12.8. The highest BCUT2D eigenvalue weighted by Crippen LogP contribution is 2.26. The van der Waals surface area contributed by atoms with Crippen molar-refractivity contribution >= 4 is 11.0 Å². The molecule has 2 N–H and O–H groups in total. The summed E-state index contributed by atoms with van der Waals surface area (Å²) in [6, 6.07) is 12.8. The van der Waals surface area contributed by atoms with Gasteiger partial charge in [-0.05, 0) is 56.6 Å². The van der Waals surface area contributed by atoms with Crippen LogP contribution in [0, 0.1) is 13.8 Å². The molecule has 0 aliphatic carbocycles. The number of nitrogens with one attached hydrogen (secondary N) is 2. The number of likely N-dealkylation sites (N-methyl/N-ethyl adjacent to an activating group) is 1. The Kier molecular flexibility index (Phi) is 3.76. The number of H-pyrrole nitrogens is 1. The van der Waals surface area contributed by atoms with Crippen molar-refractivity contribution in [1.82, 2.24) is 15.3 Å². The van der Waals surface area contributed by atoms with Gasteiger partial charge in [0.25, 0.3) is 0 Å². The van der Waals surface area contributed by atoms with Gasteiger partial charge in [-0.25, -0.2) is 4.98 Å². The van der Waals surface area contributed by atoms with Gasteiger partial charge in [0.15, 0.2) is 0 Å². The number of rotatable bonds is 4. The van der Waals surface area contributed by atoms with Gasteiger partial charge in [0.2, 0.25) is 0 Å². The summed E-state index contributed by atoms with van der Waals surface area (Å²) < 4.78 is 0. The van der Waals surface area contributed by atoms with E-state index in [4.69, 9.17) is 4.98 Å². The van der Waals surface area contributed by atoms with E-state index in [1.165, 1.54) is 22.3 Å². The smallest absolute Gasteiger partial charge is 0.138 e. The molecule has 1 heterocycles. The summed E-state index contributed by atoms with van der Waals surface area (Å²) >= 11 is 0.